The van der Waals surface area contributed by atoms with Gasteiger partial charge < -0.3 is 31.2 Å². The molecule has 160 valence electrons. The van der Waals surface area contributed by atoms with E-state index in [4.69, 9.17) is 20.9 Å². The van der Waals surface area contributed by atoms with Gasteiger partial charge >= 0.3 is 11.7 Å². The molecular weight excluding hydrogens is 388 g/mol. The van der Waals surface area contributed by atoms with Crippen molar-refractivity contribution >= 4 is 23.1 Å². The molecule has 5 atom stereocenters. The first-order valence-electron chi connectivity index (χ1n) is 8.95. The van der Waals surface area contributed by atoms with Gasteiger partial charge in [0.2, 0.25) is 5.95 Å². The molecule has 3 heterocycles. The molecule has 0 unspecified atom stereocenters. The summed E-state index contributed by atoms with van der Waals surface area (Å²) < 4.78 is 12.6. The summed E-state index contributed by atoms with van der Waals surface area (Å²) >= 11 is 0. The van der Waals surface area contributed by atoms with Gasteiger partial charge in [0.1, 0.15) is 31.0 Å². The quantitative estimate of drug-likeness (QED) is 0.318. The van der Waals surface area contributed by atoms with Gasteiger partial charge in [-0.1, -0.05) is 13.8 Å². The molecule has 0 aromatic carbocycles. The normalized spacial score (nSPS) is 25.6. The number of esters is 1. The first-order chi connectivity index (χ1) is 13.5. The number of carbonyl (C=O) groups is 1. The molecule has 1 aliphatic rings. The maximum Gasteiger partial charge on any atom is 0.332 e. The van der Waals surface area contributed by atoms with E-state index < -0.39 is 47.8 Å². The molecule has 0 bridgehead atoms. The number of rotatable bonds is 5. The molecular formula is C16H24N6O7. The molecule has 0 spiro atoms. The lowest BCUT2D eigenvalue weighted by Gasteiger charge is -2.18. The Morgan fingerprint density at radius 3 is 2.62 bits per heavy atom. The van der Waals surface area contributed by atoms with Gasteiger partial charge in [-0.3, -0.25) is 19.1 Å². The average Bonchev–Trinajstić information content (AvgIpc) is 3.06. The van der Waals surface area contributed by atoms with Gasteiger partial charge in [-0.15, -0.1) is 0 Å². The van der Waals surface area contributed by atoms with E-state index in [0.717, 1.165) is 9.13 Å². The highest BCUT2D eigenvalue weighted by Crippen LogP contribution is 2.30. The van der Waals surface area contributed by atoms with Crippen molar-refractivity contribution in [1.29, 1.82) is 0 Å². The van der Waals surface area contributed by atoms with Crippen LogP contribution < -0.4 is 22.7 Å². The highest BCUT2D eigenvalue weighted by atomic mass is 16.6. The number of nitrogens with two attached hydrogens (primary N) is 2. The molecule has 1 aliphatic heterocycles. The molecule has 7 N–H and O–H groups in total. The van der Waals surface area contributed by atoms with Crippen LogP contribution in [-0.4, -0.2) is 66.2 Å². The number of ether oxygens (including phenoxy) is 2. The number of aliphatic hydroxyl groups is 2. The van der Waals surface area contributed by atoms with Crippen LogP contribution in [-0.2, 0) is 21.3 Å². The van der Waals surface area contributed by atoms with Crippen LogP contribution in [0.1, 0.15) is 20.1 Å². The predicted octanol–water partition coefficient (Wildman–Crippen LogP) is -2.85. The van der Waals surface area contributed by atoms with Crippen molar-refractivity contribution in [1.82, 2.24) is 19.1 Å². The fourth-order valence-corrected chi connectivity index (χ4v) is 3.13. The first kappa shape index (κ1) is 21.0. The van der Waals surface area contributed by atoms with Crippen LogP contribution >= 0.6 is 0 Å². The van der Waals surface area contributed by atoms with Crippen molar-refractivity contribution in [2.45, 2.75) is 44.4 Å². The molecule has 0 aliphatic carbocycles. The molecule has 13 nitrogen and oxygen atoms in total. The lowest BCUT2D eigenvalue weighted by atomic mass is 10.1. The predicted molar refractivity (Wildman–Crippen MR) is 99.7 cm³/mol. The maximum absolute atomic E-state index is 12.6. The van der Waals surface area contributed by atoms with Crippen molar-refractivity contribution in [3.05, 3.63) is 20.8 Å². The van der Waals surface area contributed by atoms with E-state index >= 15 is 0 Å². The van der Waals surface area contributed by atoms with Gasteiger partial charge in [0.15, 0.2) is 17.4 Å². The van der Waals surface area contributed by atoms with Crippen molar-refractivity contribution in [2.24, 2.45) is 18.7 Å². The van der Waals surface area contributed by atoms with Crippen LogP contribution in [0.2, 0.25) is 0 Å². The molecule has 1 fully saturated rings. The summed E-state index contributed by atoms with van der Waals surface area (Å²) in [5, 5.41) is 20.7. The zero-order valence-electron chi connectivity index (χ0n) is 16.1. The molecule has 2 aromatic rings. The number of aromatic amines is 1. The minimum absolute atomic E-state index is 0.0766. The highest BCUT2D eigenvalue weighted by Gasteiger charge is 2.46. The van der Waals surface area contributed by atoms with Gasteiger partial charge in [-0.05, 0) is 5.92 Å². The number of aliphatic hydroxyl groups excluding tert-OH is 2. The summed E-state index contributed by atoms with van der Waals surface area (Å²) in [5.74, 6) is -1.07. The third-order valence-electron chi connectivity index (χ3n) is 4.92. The molecule has 0 saturated carbocycles. The van der Waals surface area contributed by atoms with Gasteiger partial charge in [-0.25, -0.2) is 9.36 Å². The molecule has 0 radical (unpaired) electrons. The Balaban J connectivity index is 1.90. The van der Waals surface area contributed by atoms with E-state index in [1.165, 1.54) is 7.05 Å². The van der Waals surface area contributed by atoms with Gasteiger partial charge in [-0.2, -0.15) is 4.98 Å². The van der Waals surface area contributed by atoms with Crippen molar-refractivity contribution in [3.63, 3.8) is 0 Å². The largest absolute Gasteiger partial charge is 0.462 e. The summed E-state index contributed by atoms with van der Waals surface area (Å²) in [6.07, 6.45) is -5.52. The minimum Gasteiger partial charge on any atom is -0.462 e. The Kier molecular flexibility index (Phi) is 5.49. The third-order valence-corrected chi connectivity index (χ3v) is 4.92. The van der Waals surface area contributed by atoms with Crippen LogP contribution in [0.4, 0.5) is 5.95 Å². The van der Waals surface area contributed by atoms with E-state index in [1.807, 2.05) is 0 Å². The molecule has 1 saturated heterocycles. The number of nitrogens with one attached hydrogen (secondary N) is 1. The molecule has 13 heteroatoms. The number of nitrogens with zero attached hydrogens (tertiary/aromatic N) is 3. The van der Waals surface area contributed by atoms with Crippen molar-refractivity contribution in [2.75, 3.05) is 12.3 Å². The van der Waals surface area contributed by atoms with Crippen molar-refractivity contribution < 1.29 is 24.5 Å². The van der Waals surface area contributed by atoms with E-state index in [9.17, 15) is 24.6 Å². The number of carbonyl (C=O) groups excluding carboxylic acids is 1. The summed E-state index contributed by atoms with van der Waals surface area (Å²) in [6.45, 7) is 3.11. The van der Waals surface area contributed by atoms with Crippen LogP contribution in [0.3, 0.4) is 0 Å². The number of fused-ring (bicyclic) bond motifs is 1. The SMILES string of the molecule is CC(C)[C@H](N)C(=O)OC[C@H]1O[C@@H](n2c(=O)n(C)c3c(=O)[nH]c(N)nc32)[C@H](O)[C@@H]1O. The number of hydrogen-bond acceptors (Lipinski definition) is 10. The Morgan fingerprint density at radius 1 is 1.34 bits per heavy atom. The second-order valence-electron chi connectivity index (χ2n) is 7.28. The zero-order chi connectivity index (χ0) is 21.6. The fraction of sp³-hybridized carbons (Fsp3) is 0.625. The Morgan fingerprint density at radius 2 is 2.00 bits per heavy atom. The van der Waals surface area contributed by atoms with E-state index in [1.54, 1.807) is 13.8 Å². The van der Waals surface area contributed by atoms with Crippen molar-refractivity contribution in [3.8, 4) is 0 Å². The standard InChI is InChI=1S/C16H24N6O7/c1-5(2)7(17)14(26)28-4-6-9(23)10(24)13(29-6)22-11-8(21(3)16(22)27)12(25)20-15(18)19-11/h5-7,9-10,13,23-24H,4,17H2,1-3H3,(H3,18,19,20,25)/t6-,7+,9-,10-,13-/m1/s1. The lowest BCUT2D eigenvalue weighted by molar-refractivity contribution is -0.152. The second kappa shape index (κ2) is 7.59. The maximum atomic E-state index is 12.6. The molecule has 3 rings (SSSR count). The van der Waals surface area contributed by atoms with E-state index in [0.29, 0.717) is 0 Å². The van der Waals surface area contributed by atoms with Gasteiger partial charge in [0.25, 0.3) is 5.56 Å². The van der Waals surface area contributed by atoms with E-state index in [2.05, 4.69) is 9.97 Å². The van der Waals surface area contributed by atoms with Crippen LogP contribution in [0.15, 0.2) is 9.59 Å². The average molecular weight is 412 g/mol. The Bertz CT molecular complexity index is 1040. The number of hydrogen-bond donors (Lipinski definition) is 5. The molecule has 29 heavy (non-hydrogen) atoms. The Hall–Kier alpha value is -2.74. The third kappa shape index (κ3) is 3.53. The number of nitrogen functional groups attached to an aromatic ring is 1. The summed E-state index contributed by atoms with van der Waals surface area (Å²) in [4.78, 5) is 42.9. The molecule has 0 amide bonds. The summed E-state index contributed by atoms with van der Waals surface area (Å²) in [7, 11) is 1.35. The number of H-pyrrole nitrogens is 1. The highest BCUT2D eigenvalue weighted by molar-refractivity contribution is 5.75. The summed E-state index contributed by atoms with van der Waals surface area (Å²) in [6, 6.07) is -0.853. The second-order valence-corrected chi connectivity index (χ2v) is 7.28. The Labute approximate surface area is 163 Å². The molecule has 2 aromatic heterocycles. The zero-order valence-corrected chi connectivity index (χ0v) is 16.1. The smallest absolute Gasteiger partial charge is 0.332 e. The topological polar surface area (TPSA) is 201 Å². The van der Waals surface area contributed by atoms with Crippen LogP contribution in [0.5, 0.6) is 0 Å². The van der Waals surface area contributed by atoms with Gasteiger partial charge in [0.05, 0.1) is 0 Å². The van der Waals surface area contributed by atoms with E-state index in [-0.39, 0.29) is 29.6 Å². The fourth-order valence-electron chi connectivity index (χ4n) is 3.13. The monoisotopic (exact) mass is 412 g/mol. The van der Waals surface area contributed by atoms with Crippen LogP contribution in [0.25, 0.3) is 11.2 Å². The number of aryl methyl sites for hydroxylation is 1. The number of imidazole rings is 1. The van der Waals surface area contributed by atoms with Gasteiger partial charge in [0, 0.05) is 7.05 Å². The lowest BCUT2D eigenvalue weighted by Crippen LogP contribution is -2.40. The first-order valence-corrected chi connectivity index (χ1v) is 8.95. The summed E-state index contributed by atoms with van der Waals surface area (Å²) in [5.41, 5.74) is 9.72. The minimum atomic E-state index is -1.55. The van der Waals surface area contributed by atoms with Crippen LogP contribution in [0, 0.1) is 5.92 Å². The number of aromatic nitrogens is 4. The number of anilines is 1.